The van der Waals surface area contributed by atoms with Gasteiger partial charge in [0.25, 0.3) is 0 Å². The number of rotatable bonds is 1. The summed E-state index contributed by atoms with van der Waals surface area (Å²) in [5.41, 5.74) is 0.723. The summed E-state index contributed by atoms with van der Waals surface area (Å²) in [5, 5.41) is 0. The Labute approximate surface area is 83.2 Å². The number of carbonyl (C=O) groups excluding carboxylic acids is 2. The first kappa shape index (κ1) is 8.96. The zero-order valence-corrected chi connectivity index (χ0v) is 7.78. The van der Waals surface area contributed by atoms with Gasteiger partial charge in [0.15, 0.2) is 17.6 Å². The van der Waals surface area contributed by atoms with Gasteiger partial charge >= 0.3 is 0 Å². The molecule has 0 heterocycles. The minimum atomic E-state index is -1.13. The summed E-state index contributed by atoms with van der Waals surface area (Å²) in [7, 11) is 0. The molecule has 0 aliphatic heterocycles. The van der Waals surface area contributed by atoms with Crippen molar-refractivity contribution in [1.29, 1.82) is 0 Å². The van der Waals surface area contributed by atoms with E-state index >= 15 is 0 Å². The summed E-state index contributed by atoms with van der Waals surface area (Å²) in [6.45, 7) is 0. The zero-order chi connectivity index (χ0) is 10.1. The number of Topliss-reactive ketones (excluding diaryl/α,β-unsaturated/α-hetero) is 2. The highest BCUT2D eigenvalue weighted by Crippen LogP contribution is 2.23. The van der Waals surface area contributed by atoms with Crippen LogP contribution in [-0.2, 0) is 11.5 Å². The largest absolute Gasteiger partial charge is 0.291 e. The fourth-order valence-corrected chi connectivity index (χ4v) is 1.74. The number of nitrogens with zero attached hydrogens (tertiary/aromatic N) is 1. The van der Waals surface area contributed by atoms with E-state index in [0.717, 1.165) is 0 Å². The van der Waals surface area contributed by atoms with Crippen molar-refractivity contribution < 1.29 is 13.8 Å². The zero-order valence-electron chi connectivity index (χ0n) is 6.97. The lowest BCUT2D eigenvalue weighted by atomic mass is 10.1. The highest BCUT2D eigenvalue weighted by molar-refractivity contribution is 7.54. The maximum atomic E-state index is 11.5. The molecule has 2 rings (SSSR count). The first-order valence-corrected chi connectivity index (χ1v) is 4.62. The third kappa shape index (κ3) is 1.13. The van der Waals surface area contributed by atoms with Crippen molar-refractivity contribution in [2.75, 3.05) is 0 Å². The van der Waals surface area contributed by atoms with Gasteiger partial charge in [-0.25, -0.2) is 0 Å². The number of benzene rings is 1. The molecular formula is C9H5NO3S. The van der Waals surface area contributed by atoms with Crippen molar-refractivity contribution in [2.24, 2.45) is 4.36 Å². The van der Waals surface area contributed by atoms with Crippen LogP contribution in [0.5, 0.6) is 0 Å². The lowest BCUT2D eigenvalue weighted by Gasteiger charge is -1.92. The van der Waals surface area contributed by atoms with Crippen LogP contribution in [0.2, 0.25) is 0 Å². The van der Waals surface area contributed by atoms with Crippen molar-refractivity contribution >= 4 is 23.0 Å². The van der Waals surface area contributed by atoms with Crippen LogP contribution < -0.4 is 0 Å². The smallest absolute Gasteiger partial charge is 0.200 e. The van der Waals surface area contributed by atoms with E-state index < -0.39 is 6.04 Å². The molecule has 14 heavy (non-hydrogen) atoms. The van der Waals surface area contributed by atoms with Crippen molar-refractivity contribution in [3.8, 4) is 0 Å². The maximum absolute atomic E-state index is 11.5. The van der Waals surface area contributed by atoms with E-state index in [2.05, 4.69) is 4.36 Å². The molecule has 4 nitrogen and oxygen atoms in total. The van der Waals surface area contributed by atoms with Gasteiger partial charge < -0.3 is 0 Å². The van der Waals surface area contributed by atoms with Gasteiger partial charge in [-0.15, -0.1) is 0 Å². The summed E-state index contributed by atoms with van der Waals surface area (Å²) in [5.74, 6) is -0.761. The molecule has 0 unspecified atom stereocenters. The minimum absolute atomic E-state index is 0.0897. The van der Waals surface area contributed by atoms with Crippen LogP contribution in [0.1, 0.15) is 20.7 Å². The van der Waals surface area contributed by atoms with Crippen molar-refractivity contribution in [1.82, 2.24) is 0 Å². The molecular weight excluding hydrogens is 202 g/mol. The molecule has 0 spiro atoms. The van der Waals surface area contributed by atoms with Crippen molar-refractivity contribution in [3.63, 3.8) is 0 Å². The van der Waals surface area contributed by atoms with Gasteiger partial charge in [0.1, 0.15) is 0 Å². The van der Waals surface area contributed by atoms with Gasteiger partial charge in [-0.05, 0) is 0 Å². The molecule has 0 atom stereocenters. The summed E-state index contributed by atoms with van der Waals surface area (Å²) < 4.78 is 13.5. The monoisotopic (exact) mass is 207 g/mol. The molecule has 5 heteroatoms. The molecule has 1 aliphatic rings. The molecule has 1 aliphatic carbocycles. The molecule has 0 saturated carbocycles. The standard InChI is InChI=1S/C9H5NO3S/c11-8-5-3-1-2-4-6(5)9(12)7(8)10-14-13/h1-4,7H. The molecule has 0 amide bonds. The normalized spacial score (nSPS) is 15.4. The van der Waals surface area contributed by atoms with Crippen LogP contribution in [0.15, 0.2) is 28.6 Å². The molecule has 0 radical (unpaired) electrons. The van der Waals surface area contributed by atoms with E-state index in [9.17, 15) is 13.8 Å². The Morgan fingerprint density at radius 3 is 2.00 bits per heavy atom. The van der Waals surface area contributed by atoms with Gasteiger partial charge in [0, 0.05) is 11.1 Å². The summed E-state index contributed by atoms with van der Waals surface area (Å²) in [6, 6.07) is 5.36. The molecule has 0 N–H and O–H groups in total. The minimum Gasteiger partial charge on any atom is -0.291 e. The Hall–Kier alpha value is -1.62. The first-order valence-electron chi connectivity index (χ1n) is 3.92. The second-order valence-corrected chi connectivity index (χ2v) is 3.22. The van der Waals surface area contributed by atoms with E-state index in [1.54, 1.807) is 24.3 Å². The molecule has 0 bridgehead atoms. The van der Waals surface area contributed by atoms with E-state index in [1.807, 2.05) is 0 Å². The Bertz CT molecular complexity index is 442. The Balaban J connectivity index is 2.59. The van der Waals surface area contributed by atoms with Crippen LogP contribution in [0.3, 0.4) is 0 Å². The third-order valence-electron chi connectivity index (χ3n) is 2.10. The first-order chi connectivity index (χ1) is 6.75. The summed E-state index contributed by atoms with van der Waals surface area (Å²) >= 11 is -0.0897. The van der Waals surface area contributed by atoms with E-state index in [1.165, 1.54) is 0 Å². The molecule has 0 fully saturated rings. The topological polar surface area (TPSA) is 63.6 Å². The number of hydrogen-bond acceptors (Lipinski definition) is 4. The van der Waals surface area contributed by atoms with Crippen LogP contribution in [-0.4, -0.2) is 21.8 Å². The van der Waals surface area contributed by atoms with E-state index in [0.29, 0.717) is 11.1 Å². The van der Waals surface area contributed by atoms with Crippen molar-refractivity contribution in [3.05, 3.63) is 35.4 Å². The van der Waals surface area contributed by atoms with E-state index in [4.69, 9.17) is 0 Å². The van der Waals surface area contributed by atoms with Gasteiger partial charge in [-0.1, -0.05) is 24.3 Å². The number of hydrogen-bond donors (Lipinski definition) is 0. The lowest BCUT2D eigenvalue weighted by Crippen LogP contribution is -2.18. The Morgan fingerprint density at radius 2 is 1.57 bits per heavy atom. The van der Waals surface area contributed by atoms with Crippen LogP contribution in [0, 0.1) is 0 Å². The van der Waals surface area contributed by atoms with Crippen LogP contribution in [0.4, 0.5) is 0 Å². The number of ketones is 2. The lowest BCUT2D eigenvalue weighted by molar-refractivity contribution is 0.0895. The average Bonchev–Trinajstić information content (AvgIpc) is 2.45. The molecule has 1 aromatic rings. The fourth-order valence-electron chi connectivity index (χ4n) is 1.47. The van der Waals surface area contributed by atoms with Gasteiger partial charge in [0.2, 0.25) is 11.5 Å². The average molecular weight is 207 g/mol. The molecule has 70 valence electrons. The molecule has 0 aromatic heterocycles. The highest BCUT2D eigenvalue weighted by atomic mass is 32.1. The second kappa shape index (κ2) is 3.26. The highest BCUT2D eigenvalue weighted by Gasteiger charge is 2.38. The Kier molecular flexibility index (Phi) is 2.09. The van der Waals surface area contributed by atoms with Gasteiger partial charge in [-0.3, -0.25) is 9.59 Å². The summed E-state index contributed by atoms with van der Waals surface area (Å²) in [6.07, 6.45) is 0. The third-order valence-corrected chi connectivity index (χ3v) is 2.40. The number of carbonyl (C=O) groups is 2. The van der Waals surface area contributed by atoms with Crippen molar-refractivity contribution in [2.45, 2.75) is 6.04 Å². The predicted octanol–water partition coefficient (Wildman–Crippen LogP) is 0.831. The maximum Gasteiger partial charge on any atom is 0.200 e. The van der Waals surface area contributed by atoms with Crippen LogP contribution in [0.25, 0.3) is 0 Å². The van der Waals surface area contributed by atoms with Gasteiger partial charge in [-0.2, -0.15) is 8.57 Å². The predicted molar refractivity (Wildman–Crippen MR) is 49.5 cm³/mol. The van der Waals surface area contributed by atoms with E-state index in [-0.39, 0.29) is 23.0 Å². The summed E-state index contributed by atoms with van der Waals surface area (Å²) in [4.78, 5) is 23.1. The Morgan fingerprint density at radius 1 is 1.07 bits per heavy atom. The van der Waals surface area contributed by atoms with Gasteiger partial charge in [0.05, 0.1) is 0 Å². The quantitative estimate of drug-likeness (QED) is 0.641. The number of fused-ring (bicyclic) bond motifs is 1. The fraction of sp³-hybridized carbons (Fsp3) is 0.111. The SMILES string of the molecule is O=S=NC1C(=O)c2ccccc2C1=O. The molecule has 0 saturated heterocycles. The second-order valence-electron chi connectivity index (χ2n) is 2.86. The van der Waals surface area contributed by atoms with Crippen LogP contribution >= 0.6 is 0 Å². The molecule has 1 aromatic carbocycles.